The van der Waals surface area contributed by atoms with Crippen molar-refractivity contribution in [2.75, 3.05) is 13.3 Å². The third-order valence-electron chi connectivity index (χ3n) is 1.88. The molecule has 0 aliphatic heterocycles. The molecule has 0 saturated heterocycles. The zero-order chi connectivity index (χ0) is 10.9. The van der Waals surface area contributed by atoms with Crippen LogP contribution in [0.25, 0.3) is 11.1 Å². The van der Waals surface area contributed by atoms with Crippen LogP contribution in [0.4, 0.5) is 0 Å². The molecule has 2 rings (SSSR count). The van der Waals surface area contributed by atoms with Crippen molar-refractivity contribution in [1.29, 1.82) is 0 Å². The van der Waals surface area contributed by atoms with E-state index in [9.17, 15) is 0 Å². The molecular formula is C14H17P. The minimum Gasteiger partial charge on any atom is -0.129 e. The molecule has 0 unspecified atom stereocenters. The highest BCUT2D eigenvalue weighted by Crippen LogP contribution is 2.17. The van der Waals surface area contributed by atoms with Gasteiger partial charge in [-0.1, -0.05) is 60.7 Å². The van der Waals surface area contributed by atoms with E-state index in [4.69, 9.17) is 0 Å². The maximum Gasteiger partial charge on any atom is -0.0184 e. The summed E-state index contributed by atoms with van der Waals surface area (Å²) in [6, 6.07) is 20.8. The predicted molar refractivity (Wildman–Crippen MR) is 72.0 cm³/mol. The van der Waals surface area contributed by atoms with E-state index >= 15 is 0 Å². The smallest absolute Gasteiger partial charge is 0.0184 e. The van der Waals surface area contributed by atoms with E-state index < -0.39 is 0 Å². The Labute approximate surface area is 94.1 Å². The van der Waals surface area contributed by atoms with Gasteiger partial charge in [-0.25, -0.2) is 0 Å². The van der Waals surface area contributed by atoms with Crippen molar-refractivity contribution in [3.05, 3.63) is 60.7 Å². The van der Waals surface area contributed by atoms with Gasteiger partial charge < -0.3 is 0 Å². The van der Waals surface area contributed by atoms with Gasteiger partial charge in [0.15, 0.2) is 0 Å². The zero-order valence-corrected chi connectivity index (χ0v) is 10.3. The van der Waals surface area contributed by atoms with Crippen molar-refractivity contribution < 1.29 is 0 Å². The molecule has 0 aromatic heterocycles. The summed E-state index contributed by atoms with van der Waals surface area (Å²) in [5.41, 5.74) is 2.55. The first-order valence-corrected chi connectivity index (χ1v) is 7.07. The molecule has 0 spiro atoms. The Hall–Kier alpha value is -1.13. The molecule has 0 atom stereocenters. The lowest BCUT2D eigenvalue weighted by Crippen LogP contribution is -1.73. The number of rotatable bonds is 1. The summed E-state index contributed by atoms with van der Waals surface area (Å²) in [4.78, 5) is 0. The van der Waals surface area contributed by atoms with Crippen LogP contribution in [0.2, 0.25) is 0 Å². The number of hydrogen-bond acceptors (Lipinski definition) is 0. The van der Waals surface area contributed by atoms with E-state index in [1.807, 2.05) is 12.1 Å². The van der Waals surface area contributed by atoms with Crippen molar-refractivity contribution >= 4 is 8.58 Å². The summed E-state index contributed by atoms with van der Waals surface area (Å²) in [7, 11) is 1.08. The first-order chi connectivity index (χ1) is 7.38. The summed E-state index contributed by atoms with van der Waals surface area (Å²) < 4.78 is 0. The highest BCUT2D eigenvalue weighted by atomic mass is 31.1. The molecule has 0 aliphatic carbocycles. The Bertz CT molecular complexity index is 316. The zero-order valence-electron chi connectivity index (χ0n) is 9.27. The van der Waals surface area contributed by atoms with Gasteiger partial charge in [0.05, 0.1) is 0 Å². The standard InChI is InChI=1S/C12H10.C2H7P/c1-3-7-11(8-4-1)12-9-5-2-6-10-12;1-3-2/h1-10H;3H,1-2H3. The molecular weight excluding hydrogens is 199 g/mol. The van der Waals surface area contributed by atoms with Gasteiger partial charge in [-0.2, -0.15) is 0 Å². The van der Waals surface area contributed by atoms with Crippen molar-refractivity contribution in [2.45, 2.75) is 0 Å². The van der Waals surface area contributed by atoms with E-state index in [1.54, 1.807) is 0 Å². The molecule has 0 bridgehead atoms. The molecule has 0 saturated carbocycles. The monoisotopic (exact) mass is 216 g/mol. The van der Waals surface area contributed by atoms with E-state index in [2.05, 4.69) is 61.9 Å². The Balaban J connectivity index is 0.000000337. The maximum atomic E-state index is 2.15. The molecule has 0 fully saturated rings. The van der Waals surface area contributed by atoms with Crippen LogP contribution in [0.5, 0.6) is 0 Å². The van der Waals surface area contributed by atoms with Crippen LogP contribution in [0, 0.1) is 0 Å². The summed E-state index contributed by atoms with van der Waals surface area (Å²) >= 11 is 0. The highest BCUT2D eigenvalue weighted by molar-refractivity contribution is 7.35. The van der Waals surface area contributed by atoms with Gasteiger partial charge in [0.25, 0.3) is 0 Å². The van der Waals surface area contributed by atoms with Crippen molar-refractivity contribution in [3.8, 4) is 11.1 Å². The van der Waals surface area contributed by atoms with Gasteiger partial charge in [0.2, 0.25) is 0 Å². The average Bonchev–Trinajstić information content (AvgIpc) is 2.32. The van der Waals surface area contributed by atoms with Crippen LogP contribution in [0.15, 0.2) is 60.7 Å². The van der Waals surface area contributed by atoms with Crippen LogP contribution in [-0.2, 0) is 0 Å². The lowest BCUT2D eigenvalue weighted by Gasteiger charge is -1.98. The van der Waals surface area contributed by atoms with Gasteiger partial charge in [-0.3, -0.25) is 0 Å². The third kappa shape index (κ3) is 4.27. The molecule has 0 N–H and O–H groups in total. The molecule has 0 amide bonds. The minimum absolute atomic E-state index is 1.08. The lowest BCUT2D eigenvalue weighted by atomic mass is 10.1. The predicted octanol–water partition coefficient (Wildman–Crippen LogP) is 4.28. The van der Waals surface area contributed by atoms with Crippen LogP contribution < -0.4 is 0 Å². The van der Waals surface area contributed by atoms with Crippen molar-refractivity contribution in [3.63, 3.8) is 0 Å². The average molecular weight is 216 g/mol. The Kier molecular flexibility index (Phi) is 5.73. The molecule has 0 radical (unpaired) electrons. The largest absolute Gasteiger partial charge is 0.129 e. The summed E-state index contributed by atoms with van der Waals surface area (Å²) in [6.45, 7) is 4.31. The Morgan fingerprint density at radius 1 is 0.600 bits per heavy atom. The maximum absolute atomic E-state index is 2.15. The summed E-state index contributed by atoms with van der Waals surface area (Å²) in [6.07, 6.45) is 0. The van der Waals surface area contributed by atoms with Crippen molar-refractivity contribution in [1.82, 2.24) is 0 Å². The second-order valence-electron chi connectivity index (χ2n) is 3.23. The van der Waals surface area contributed by atoms with Gasteiger partial charge in [-0.05, 0) is 24.5 Å². The fourth-order valence-corrected chi connectivity index (χ4v) is 1.26. The molecule has 15 heavy (non-hydrogen) atoms. The van der Waals surface area contributed by atoms with Crippen LogP contribution >= 0.6 is 8.58 Å². The topological polar surface area (TPSA) is 0 Å². The van der Waals surface area contributed by atoms with Crippen LogP contribution in [0.1, 0.15) is 0 Å². The SMILES string of the molecule is CPC.c1ccc(-c2ccccc2)cc1. The molecule has 0 heterocycles. The van der Waals surface area contributed by atoms with Crippen LogP contribution in [-0.4, -0.2) is 13.3 Å². The third-order valence-corrected chi connectivity index (χ3v) is 1.88. The first-order valence-electron chi connectivity index (χ1n) is 5.07. The van der Waals surface area contributed by atoms with Gasteiger partial charge in [-0.15, -0.1) is 8.58 Å². The fraction of sp³-hybridized carbons (Fsp3) is 0.143. The van der Waals surface area contributed by atoms with E-state index in [1.165, 1.54) is 11.1 Å². The van der Waals surface area contributed by atoms with Gasteiger partial charge in [0, 0.05) is 0 Å². The minimum atomic E-state index is 1.08. The highest BCUT2D eigenvalue weighted by Gasteiger charge is 1.91. The van der Waals surface area contributed by atoms with Gasteiger partial charge >= 0.3 is 0 Å². The number of hydrogen-bond donors (Lipinski definition) is 0. The summed E-state index contributed by atoms with van der Waals surface area (Å²) in [5, 5.41) is 0. The summed E-state index contributed by atoms with van der Waals surface area (Å²) in [5.74, 6) is 0. The van der Waals surface area contributed by atoms with E-state index in [-0.39, 0.29) is 0 Å². The lowest BCUT2D eigenvalue weighted by molar-refractivity contribution is 1.62. The quantitative estimate of drug-likeness (QED) is 0.624. The molecule has 0 nitrogen and oxygen atoms in total. The molecule has 2 aromatic carbocycles. The van der Waals surface area contributed by atoms with E-state index in [0.717, 1.165) is 8.58 Å². The first kappa shape index (κ1) is 11.9. The van der Waals surface area contributed by atoms with Crippen molar-refractivity contribution in [2.24, 2.45) is 0 Å². The van der Waals surface area contributed by atoms with Gasteiger partial charge in [0.1, 0.15) is 0 Å². The van der Waals surface area contributed by atoms with Crippen LogP contribution in [0.3, 0.4) is 0 Å². The Morgan fingerprint density at radius 3 is 1.13 bits per heavy atom. The molecule has 0 aliphatic rings. The molecule has 2 aromatic rings. The normalized spacial score (nSPS) is 8.93. The van der Waals surface area contributed by atoms with E-state index in [0.29, 0.717) is 0 Å². The second kappa shape index (κ2) is 7.20. The Morgan fingerprint density at radius 2 is 0.867 bits per heavy atom. The number of benzene rings is 2. The molecule has 1 heteroatoms. The molecule has 78 valence electrons. The second-order valence-corrected chi connectivity index (χ2v) is 4.23. The fourth-order valence-electron chi connectivity index (χ4n) is 1.26.